The van der Waals surface area contributed by atoms with Crippen LogP contribution in [-0.4, -0.2) is 19.8 Å². The highest BCUT2D eigenvalue weighted by Gasteiger charge is 2.19. The molecule has 0 fully saturated rings. The molecule has 21 heavy (non-hydrogen) atoms. The number of nitrogens with two attached hydrogens (primary N) is 1. The van der Waals surface area contributed by atoms with Gasteiger partial charge in [-0.05, 0) is 29.3 Å². The van der Waals surface area contributed by atoms with Crippen LogP contribution in [0.3, 0.4) is 0 Å². The molecule has 0 atom stereocenters. The Morgan fingerprint density at radius 3 is 2.52 bits per heavy atom. The van der Waals surface area contributed by atoms with Crippen molar-refractivity contribution in [3.63, 3.8) is 0 Å². The van der Waals surface area contributed by atoms with Crippen LogP contribution in [-0.2, 0) is 22.3 Å². The quantitative estimate of drug-likeness (QED) is 0.860. The van der Waals surface area contributed by atoms with Crippen LogP contribution >= 0.6 is 11.6 Å². The second-order valence-electron chi connectivity index (χ2n) is 4.85. The summed E-state index contributed by atoms with van der Waals surface area (Å²) in [5.74, 6) is -0.0843. The van der Waals surface area contributed by atoms with Gasteiger partial charge < -0.3 is 5.73 Å². The first-order chi connectivity index (χ1) is 9.88. The number of halogens is 1. The Morgan fingerprint density at radius 2 is 1.86 bits per heavy atom. The molecule has 0 spiro atoms. The van der Waals surface area contributed by atoms with E-state index in [-0.39, 0.29) is 12.3 Å². The van der Waals surface area contributed by atoms with Gasteiger partial charge in [0.05, 0.1) is 5.75 Å². The molecule has 0 amide bonds. The minimum Gasteiger partial charge on any atom is -0.399 e. The summed E-state index contributed by atoms with van der Waals surface area (Å²) < 4.78 is 26.0. The van der Waals surface area contributed by atoms with Gasteiger partial charge in [0.1, 0.15) is 0 Å². The summed E-state index contributed by atoms with van der Waals surface area (Å²) in [6, 6.07) is 14.1. The van der Waals surface area contributed by atoms with Gasteiger partial charge in [0.15, 0.2) is 0 Å². The van der Waals surface area contributed by atoms with E-state index < -0.39 is 10.0 Å². The van der Waals surface area contributed by atoms with E-state index in [4.69, 9.17) is 17.3 Å². The Hall–Kier alpha value is -1.56. The van der Waals surface area contributed by atoms with Crippen molar-refractivity contribution in [3.8, 4) is 0 Å². The van der Waals surface area contributed by atoms with Crippen LogP contribution in [0.1, 0.15) is 11.1 Å². The molecule has 0 aromatic heterocycles. The second kappa shape index (κ2) is 6.47. The number of nitrogen functional groups attached to an aromatic ring is 1. The average molecular weight is 325 g/mol. The molecule has 0 aliphatic carbocycles. The molecule has 0 unspecified atom stereocenters. The molecule has 0 saturated heterocycles. The molecule has 0 saturated carbocycles. The number of anilines is 1. The molecule has 2 aromatic carbocycles. The van der Waals surface area contributed by atoms with E-state index in [2.05, 4.69) is 0 Å². The SMILES string of the molecule is CN(Cc1ccccc1Cl)S(=O)(=O)Cc1cccc(N)c1. The van der Waals surface area contributed by atoms with Crippen molar-refractivity contribution < 1.29 is 8.42 Å². The molecule has 6 heteroatoms. The van der Waals surface area contributed by atoms with Gasteiger partial charge in [-0.1, -0.05) is 41.9 Å². The van der Waals surface area contributed by atoms with Gasteiger partial charge in [0.25, 0.3) is 0 Å². The van der Waals surface area contributed by atoms with E-state index in [1.807, 2.05) is 18.2 Å². The molecule has 2 aromatic rings. The van der Waals surface area contributed by atoms with Gasteiger partial charge in [0, 0.05) is 24.3 Å². The summed E-state index contributed by atoms with van der Waals surface area (Å²) in [6.07, 6.45) is 0. The van der Waals surface area contributed by atoms with Crippen LogP contribution in [0.15, 0.2) is 48.5 Å². The van der Waals surface area contributed by atoms with Crippen molar-refractivity contribution in [2.24, 2.45) is 0 Å². The number of nitrogens with zero attached hydrogens (tertiary/aromatic N) is 1. The summed E-state index contributed by atoms with van der Waals surface area (Å²) in [7, 11) is -1.88. The lowest BCUT2D eigenvalue weighted by Gasteiger charge is -2.18. The third kappa shape index (κ3) is 4.20. The molecule has 112 valence electrons. The first kappa shape index (κ1) is 15.8. The van der Waals surface area contributed by atoms with Gasteiger partial charge in [-0.15, -0.1) is 0 Å². The topological polar surface area (TPSA) is 63.4 Å². The third-order valence-corrected chi connectivity index (χ3v) is 5.27. The summed E-state index contributed by atoms with van der Waals surface area (Å²) in [5.41, 5.74) is 7.67. The monoisotopic (exact) mass is 324 g/mol. The second-order valence-corrected chi connectivity index (χ2v) is 7.33. The van der Waals surface area contributed by atoms with E-state index in [1.54, 1.807) is 37.4 Å². The molecule has 0 aliphatic rings. The summed E-state index contributed by atoms with van der Waals surface area (Å²) in [5, 5.41) is 0.559. The molecule has 4 nitrogen and oxygen atoms in total. The van der Waals surface area contributed by atoms with Crippen molar-refractivity contribution in [2.75, 3.05) is 12.8 Å². The third-order valence-electron chi connectivity index (χ3n) is 3.13. The highest BCUT2D eigenvalue weighted by molar-refractivity contribution is 7.88. The first-order valence-corrected chi connectivity index (χ1v) is 8.39. The fraction of sp³-hybridized carbons (Fsp3) is 0.200. The molecule has 0 radical (unpaired) electrons. The summed E-state index contributed by atoms with van der Waals surface area (Å²) >= 11 is 6.06. The zero-order valence-electron chi connectivity index (χ0n) is 11.7. The summed E-state index contributed by atoms with van der Waals surface area (Å²) in [4.78, 5) is 0. The Balaban J connectivity index is 2.14. The van der Waals surface area contributed by atoms with Crippen LogP contribution in [0, 0.1) is 0 Å². The molecular weight excluding hydrogens is 308 g/mol. The number of rotatable bonds is 5. The van der Waals surface area contributed by atoms with E-state index in [0.717, 1.165) is 5.56 Å². The highest BCUT2D eigenvalue weighted by atomic mass is 35.5. The predicted molar refractivity (Wildman–Crippen MR) is 86.4 cm³/mol. The van der Waals surface area contributed by atoms with E-state index in [9.17, 15) is 8.42 Å². The number of sulfonamides is 1. The number of hydrogen-bond acceptors (Lipinski definition) is 3. The van der Waals surface area contributed by atoms with Crippen LogP contribution in [0.25, 0.3) is 0 Å². The molecule has 0 bridgehead atoms. The average Bonchev–Trinajstić information content (AvgIpc) is 2.40. The Kier molecular flexibility index (Phi) is 4.88. The fourth-order valence-corrected chi connectivity index (χ4v) is 3.32. The van der Waals surface area contributed by atoms with Gasteiger partial charge in [-0.25, -0.2) is 12.7 Å². The van der Waals surface area contributed by atoms with Crippen molar-refractivity contribution in [1.82, 2.24) is 4.31 Å². The molecule has 2 rings (SSSR count). The maximum atomic E-state index is 12.4. The minimum absolute atomic E-state index is 0.0843. The van der Waals surface area contributed by atoms with E-state index in [0.29, 0.717) is 16.3 Å². The van der Waals surface area contributed by atoms with E-state index >= 15 is 0 Å². The van der Waals surface area contributed by atoms with Gasteiger partial charge in [-0.3, -0.25) is 0 Å². The van der Waals surface area contributed by atoms with Gasteiger partial charge >= 0.3 is 0 Å². The van der Waals surface area contributed by atoms with Crippen LogP contribution in [0.5, 0.6) is 0 Å². The highest BCUT2D eigenvalue weighted by Crippen LogP contribution is 2.19. The van der Waals surface area contributed by atoms with E-state index in [1.165, 1.54) is 4.31 Å². The standard InChI is InChI=1S/C15H17ClN2O2S/c1-18(10-13-6-2-3-8-15(13)16)21(19,20)11-12-5-4-7-14(17)9-12/h2-9H,10-11,17H2,1H3. The Bertz CT molecular complexity index is 732. The maximum absolute atomic E-state index is 12.4. The Labute approximate surface area is 130 Å². The number of benzene rings is 2. The Morgan fingerprint density at radius 1 is 1.14 bits per heavy atom. The smallest absolute Gasteiger partial charge is 0.218 e. The predicted octanol–water partition coefficient (Wildman–Crippen LogP) is 2.88. The van der Waals surface area contributed by atoms with Crippen molar-refractivity contribution in [3.05, 3.63) is 64.7 Å². The van der Waals surface area contributed by atoms with Crippen molar-refractivity contribution >= 4 is 27.3 Å². The lowest BCUT2D eigenvalue weighted by Crippen LogP contribution is -2.27. The maximum Gasteiger partial charge on any atom is 0.218 e. The molecule has 0 aliphatic heterocycles. The molecule has 2 N–H and O–H groups in total. The molecular formula is C15H17ClN2O2S. The molecule has 0 heterocycles. The van der Waals surface area contributed by atoms with Gasteiger partial charge in [0.2, 0.25) is 10.0 Å². The normalized spacial score (nSPS) is 11.8. The largest absolute Gasteiger partial charge is 0.399 e. The summed E-state index contributed by atoms with van der Waals surface area (Å²) in [6.45, 7) is 0.240. The lowest BCUT2D eigenvalue weighted by molar-refractivity contribution is 0.466. The van der Waals surface area contributed by atoms with Crippen molar-refractivity contribution in [2.45, 2.75) is 12.3 Å². The fourth-order valence-electron chi connectivity index (χ4n) is 1.97. The lowest BCUT2D eigenvalue weighted by atomic mass is 10.2. The zero-order valence-corrected chi connectivity index (χ0v) is 13.2. The van der Waals surface area contributed by atoms with Gasteiger partial charge in [-0.2, -0.15) is 0 Å². The van der Waals surface area contributed by atoms with Crippen molar-refractivity contribution in [1.29, 1.82) is 0 Å². The first-order valence-electron chi connectivity index (χ1n) is 6.40. The van der Waals surface area contributed by atoms with Crippen LogP contribution in [0.4, 0.5) is 5.69 Å². The van der Waals surface area contributed by atoms with Crippen LogP contribution < -0.4 is 5.73 Å². The minimum atomic E-state index is -3.43. The number of hydrogen-bond donors (Lipinski definition) is 1. The zero-order chi connectivity index (χ0) is 15.5. The van der Waals surface area contributed by atoms with Crippen LogP contribution in [0.2, 0.25) is 5.02 Å².